The van der Waals surface area contributed by atoms with Crippen molar-refractivity contribution in [2.45, 2.75) is 53.2 Å². The van der Waals surface area contributed by atoms with E-state index in [4.69, 9.17) is 9.72 Å². The first-order valence-corrected chi connectivity index (χ1v) is 11.4. The highest BCUT2D eigenvalue weighted by molar-refractivity contribution is 7.13. The van der Waals surface area contributed by atoms with Gasteiger partial charge in [0.1, 0.15) is 0 Å². The van der Waals surface area contributed by atoms with E-state index in [1.54, 1.807) is 11.3 Å². The van der Waals surface area contributed by atoms with Crippen LogP contribution in [0.5, 0.6) is 0 Å². The number of aromatic nitrogens is 6. The van der Waals surface area contributed by atoms with Gasteiger partial charge in [0.15, 0.2) is 0 Å². The summed E-state index contributed by atoms with van der Waals surface area (Å²) in [6.07, 6.45) is 8.67. The van der Waals surface area contributed by atoms with Crippen LogP contribution >= 0.6 is 11.3 Å². The Morgan fingerprint density at radius 1 is 1.10 bits per heavy atom. The fourth-order valence-corrected chi connectivity index (χ4v) is 4.32. The van der Waals surface area contributed by atoms with Crippen LogP contribution in [-0.2, 0) is 31.4 Å². The highest BCUT2D eigenvalue weighted by Gasteiger charge is 2.16. The molecular weight excluding hydrogens is 408 g/mol. The van der Waals surface area contributed by atoms with Crippen molar-refractivity contribution >= 4 is 11.3 Å². The van der Waals surface area contributed by atoms with Gasteiger partial charge in [-0.1, -0.05) is 19.4 Å². The van der Waals surface area contributed by atoms with Crippen molar-refractivity contribution in [3.8, 4) is 16.5 Å². The molecule has 4 aromatic heterocycles. The second-order valence-electron chi connectivity index (χ2n) is 7.69. The standard InChI is InChI=1S/C23H28N6OS/c1-5-6-8-19-18(13-30-14-20-17(3)25-15-28(20)4)12-26-29(19)23-24-11-16(2)22(27-23)21-9-7-10-31-21/h7,9-12,15H,5-6,8,13-14H2,1-4H3. The fourth-order valence-electron chi connectivity index (χ4n) is 3.55. The Bertz CT molecular complexity index is 1130. The summed E-state index contributed by atoms with van der Waals surface area (Å²) in [5, 5.41) is 6.71. The normalized spacial score (nSPS) is 11.4. The molecule has 0 aliphatic rings. The van der Waals surface area contributed by atoms with Gasteiger partial charge in [0.25, 0.3) is 5.95 Å². The molecule has 0 radical (unpaired) electrons. The molecule has 7 nitrogen and oxygen atoms in total. The first kappa shape index (κ1) is 21.4. The van der Waals surface area contributed by atoms with Crippen molar-refractivity contribution in [2.24, 2.45) is 7.05 Å². The Morgan fingerprint density at radius 2 is 1.97 bits per heavy atom. The molecule has 0 saturated carbocycles. The summed E-state index contributed by atoms with van der Waals surface area (Å²) >= 11 is 1.68. The third kappa shape index (κ3) is 4.60. The predicted octanol–water partition coefficient (Wildman–Crippen LogP) is 4.80. The molecule has 0 spiro atoms. The summed E-state index contributed by atoms with van der Waals surface area (Å²) in [4.78, 5) is 14.9. The molecular formula is C23H28N6OS. The number of imidazole rings is 1. The lowest BCUT2D eigenvalue weighted by molar-refractivity contribution is 0.102. The molecule has 0 N–H and O–H groups in total. The number of unbranched alkanes of at least 4 members (excludes halogenated alkanes) is 1. The van der Waals surface area contributed by atoms with Crippen molar-refractivity contribution < 1.29 is 4.74 Å². The van der Waals surface area contributed by atoms with Crippen molar-refractivity contribution in [2.75, 3.05) is 0 Å². The minimum Gasteiger partial charge on any atom is -0.370 e. The van der Waals surface area contributed by atoms with Gasteiger partial charge in [-0.15, -0.1) is 11.3 Å². The van der Waals surface area contributed by atoms with Crippen molar-refractivity contribution in [1.29, 1.82) is 0 Å². The van der Waals surface area contributed by atoms with Gasteiger partial charge in [0.05, 0.1) is 53.4 Å². The molecule has 0 atom stereocenters. The van der Waals surface area contributed by atoms with E-state index in [1.165, 1.54) is 0 Å². The van der Waals surface area contributed by atoms with E-state index in [0.29, 0.717) is 19.2 Å². The molecule has 0 saturated heterocycles. The fraction of sp³-hybridized carbons (Fsp3) is 0.391. The smallest absolute Gasteiger partial charge is 0.251 e. The summed E-state index contributed by atoms with van der Waals surface area (Å²) in [5.41, 5.74) is 6.30. The summed E-state index contributed by atoms with van der Waals surface area (Å²) in [7, 11) is 1.99. The zero-order chi connectivity index (χ0) is 21.8. The molecule has 4 rings (SSSR count). The van der Waals surface area contributed by atoms with E-state index in [-0.39, 0.29) is 0 Å². The molecule has 4 heterocycles. The first-order valence-electron chi connectivity index (χ1n) is 10.6. The van der Waals surface area contributed by atoms with Crippen LogP contribution in [0.25, 0.3) is 16.5 Å². The van der Waals surface area contributed by atoms with Crippen LogP contribution in [0, 0.1) is 13.8 Å². The molecule has 0 amide bonds. The lowest BCUT2D eigenvalue weighted by atomic mass is 10.1. The average Bonchev–Trinajstić information content (AvgIpc) is 3.50. The number of ether oxygens (including phenoxy) is 1. The van der Waals surface area contributed by atoms with Crippen LogP contribution < -0.4 is 0 Å². The van der Waals surface area contributed by atoms with Gasteiger partial charge in [0.2, 0.25) is 0 Å². The Labute approximate surface area is 186 Å². The van der Waals surface area contributed by atoms with Gasteiger partial charge in [-0.2, -0.15) is 5.10 Å². The second kappa shape index (κ2) is 9.53. The largest absolute Gasteiger partial charge is 0.370 e. The minimum absolute atomic E-state index is 0.493. The zero-order valence-corrected chi connectivity index (χ0v) is 19.3. The van der Waals surface area contributed by atoms with E-state index >= 15 is 0 Å². The molecule has 162 valence electrons. The number of rotatable bonds is 9. The van der Waals surface area contributed by atoms with Crippen LogP contribution in [0.15, 0.2) is 36.2 Å². The van der Waals surface area contributed by atoms with E-state index in [2.05, 4.69) is 33.4 Å². The highest BCUT2D eigenvalue weighted by Crippen LogP contribution is 2.26. The van der Waals surface area contributed by atoms with Gasteiger partial charge in [-0.05, 0) is 43.7 Å². The molecule has 0 unspecified atom stereocenters. The van der Waals surface area contributed by atoms with E-state index in [1.807, 2.05) is 54.9 Å². The Morgan fingerprint density at radius 3 is 2.68 bits per heavy atom. The van der Waals surface area contributed by atoms with Gasteiger partial charge >= 0.3 is 0 Å². The van der Waals surface area contributed by atoms with Crippen LogP contribution in [0.4, 0.5) is 0 Å². The van der Waals surface area contributed by atoms with E-state index in [0.717, 1.165) is 58.0 Å². The molecule has 0 aliphatic carbocycles. The van der Waals surface area contributed by atoms with Crippen molar-refractivity contribution in [1.82, 2.24) is 29.3 Å². The third-order valence-corrected chi connectivity index (χ3v) is 6.27. The predicted molar refractivity (Wildman–Crippen MR) is 122 cm³/mol. The molecule has 0 fully saturated rings. The summed E-state index contributed by atoms with van der Waals surface area (Å²) in [6.45, 7) is 7.25. The SMILES string of the molecule is CCCCc1c(COCc2c(C)ncn2C)cnn1-c1ncc(C)c(-c2cccs2)n1. The van der Waals surface area contributed by atoms with Crippen molar-refractivity contribution in [3.05, 3.63) is 64.4 Å². The van der Waals surface area contributed by atoms with E-state index in [9.17, 15) is 0 Å². The maximum atomic E-state index is 6.04. The molecule has 31 heavy (non-hydrogen) atoms. The molecule has 4 aromatic rings. The quantitative estimate of drug-likeness (QED) is 0.377. The number of hydrogen-bond acceptors (Lipinski definition) is 6. The molecule has 0 aromatic carbocycles. The topological polar surface area (TPSA) is 70.7 Å². The monoisotopic (exact) mass is 436 g/mol. The number of aryl methyl sites for hydroxylation is 3. The Kier molecular flexibility index (Phi) is 6.58. The van der Waals surface area contributed by atoms with Crippen LogP contribution in [-0.4, -0.2) is 29.3 Å². The lowest BCUT2D eigenvalue weighted by Crippen LogP contribution is -2.10. The van der Waals surface area contributed by atoms with E-state index < -0.39 is 0 Å². The van der Waals surface area contributed by atoms with Crippen molar-refractivity contribution in [3.63, 3.8) is 0 Å². The van der Waals surface area contributed by atoms with Crippen LogP contribution in [0.1, 0.15) is 48.0 Å². The van der Waals surface area contributed by atoms with Gasteiger partial charge in [0, 0.05) is 18.8 Å². The minimum atomic E-state index is 0.493. The summed E-state index contributed by atoms with van der Waals surface area (Å²) in [5.74, 6) is 0.605. The molecule has 8 heteroatoms. The molecule has 0 bridgehead atoms. The highest BCUT2D eigenvalue weighted by atomic mass is 32.1. The first-order chi connectivity index (χ1) is 15.1. The van der Waals surface area contributed by atoms with Crippen LogP contribution in [0.2, 0.25) is 0 Å². The van der Waals surface area contributed by atoms with Gasteiger partial charge < -0.3 is 9.30 Å². The third-order valence-electron chi connectivity index (χ3n) is 5.39. The maximum Gasteiger partial charge on any atom is 0.251 e. The maximum absolute atomic E-state index is 6.04. The number of thiophene rings is 1. The molecule has 0 aliphatic heterocycles. The van der Waals surface area contributed by atoms with Gasteiger partial charge in [-0.25, -0.2) is 19.6 Å². The summed E-state index contributed by atoms with van der Waals surface area (Å²) in [6, 6.07) is 4.13. The van der Waals surface area contributed by atoms with Gasteiger partial charge in [-0.3, -0.25) is 0 Å². The second-order valence-corrected chi connectivity index (χ2v) is 8.64. The number of hydrogen-bond donors (Lipinski definition) is 0. The van der Waals surface area contributed by atoms with Crippen LogP contribution in [0.3, 0.4) is 0 Å². The Hall–Kier alpha value is -2.84. The number of nitrogens with zero attached hydrogens (tertiary/aromatic N) is 6. The lowest BCUT2D eigenvalue weighted by Gasteiger charge is -2.11. The Balaban J connectivity index is 1.60. The summed E-state index contributed by atoms with van der Waals surface area (Å²) < 4.78 is 9.92. The average molecular weight is 437 g/mol. The zero-order valence-electron chi connectivity index (χ0n) is 18.5.